The largest absolute Gasteiger partial charge is 0.393 e. The molecule has 0 saturated carbocycles. The second-order valence-corrected chi connectivity index (χ2v) is 3.58. The van der Waals surface area contributed by atoms with E-state index in [-0.39, 0.29) is 12.3 Å². The number of rotatable bonds is 5. The van der Waals surface area contributed by atoms with Gasteiger partial charge in [-0.2, -0.15) is 0 Å². The van der Waals surface area contributed by atoms with E-state index in [4.69, 9.17) is 10.2 Å². The van der Waals surface area contributed by atoms with Crippen molar-refractivity contribution in [1.29, 1.82) is 0 Å². The summed E-state index contributed by atoms with van der Waals surface area (Å²) in [6.45, 7) is 1.70. The van der Waals surface area contributed by atoms with Crippen LogP contribution in [0.5, 0.6) is 0 Å². The molecule has 0 bridgehead atoms. The number of nitrogens with zero attached hydrogens (tertiary/aromatic N) is 1. The lowest BCUT2D eigenvalue weighted by molar-refractivity contribution is -0.580. The number of aliphatic hydroxyl groups excluding tert-OH is 2. The van der Waals surface area contributed by atoms with Crippen LogP contribution in [0.2, 0.25) is 0 Å². The molecule has 1 rings (SSSR count). The van der Waals surface area contributed by atoms with Gasteiger partial charge in [0.1, 0.15) is 18.3 Å². The van der Waals surface area contributed by atoms with Gasteiger partial charge in [0.05, 0.1) is 11.5 Å². The van der Waals surface area contributed by atoms with Gasteiger partial charge in [-0.25, -0.2) is 0 Å². The maximum atomic E-state index is 10.6. The van der Waals surface area contributed by atoms with Gasteiger partial charge in [-0.3, -0.25) is 10.1 Å². The summed E-state index contributed by atoms with van der Waals surface area (Å²) < 4.78 is 0. The summed E-state index contributed by atoms with van der Waals surface area (Å²) in [5.74, 6) is 0. The second kappa shape index (κ2) is 5.55. The Balaban J connectivity index is 2.70. The fourth-order valence-corrected chi connectivity index (χ4v) is 1.36. The lowest BCUT2D eigenvalue weighted by atomic mass is 10.2. The van der Waals surface area contributed by atoms with Crippen LogP contribution in [0.3, 0.4) is 0 Å². The van der Waals surface area contributed by atoms with E-state index in [1.165, 1.54) is 6.07 Å². The number of aliphatic hydroxyl groups is 2. The van der Waals surface area contributed by atoms with Gasteiger partial charge >= 0.3 is 0 Å². The number of nitrogens with two attached hydrogens (primary N) is 1. The molecule has 0 aliphatic heterocycles. The Labute approximate surface area is 92.7 Å². The molecule has 16 heavy (non-hydrogen) atoms. The Morgan fingerprint density at radius 3 is 2.75 bits per heavy atom. The molecule has 1 aromatic carbocycles. The van der Waals surface area contributed by atoms with Crippen LogP contribution in [0.1, 0.15) is 5.56 Å². The first-order valence-corrected chi connectivity index (χ1v) is 4.91. The predicted molar refractivity (Wildman–Crippen MR) is 57.4 cm³/mol. The highest BCUT2D eigenvalue weighted by Crippen LogP contribution is 2.18. The zero-order valence-electron chi connectivity index (χ0n) is 8.96. The minimum atomic E-state index is -0.782. The minimum absolute atomic E-state index is 0.0832. The maximum absolute atomic E-state index is 10.6. The van der Waals surface area contributed by atoms with Crippen molar-refractivity contribution in [2.24, 2.45) is 0 Å². The topological polar surface area (TPSA) is 100 Å². The van der Waals surface area contributed by atoms with Crippen molar-refractivity contribution >= 4 is 11.4 Å². The van der Waals surface area contributed by atoms with E-state index in [0.29, 0.717) is 12.1 Å². The molecule has 0 unspecified atom stereocenters. The van der Waals surface area contributed by atoms with E-state index in [0.717, 1.165) is 5.69 Å². The lowest BCUT2D eigenvalue weighted by Crippen LogP contribution is -2.80. The highest BCUT2D eigenvalue weighted by atomic mass is 16.6. The molecule has 88 valence electrons. The van der Waals surface area contributed by atoms with Gasteiger partial charge in [0.15, 0.2) is 0 Å². The molecule has 1 aromatic rings. The molecule has 6 nitrogen and oxygen atoms in total. The van der Waals surface area contributed by atoms with Crippen molar-refractivity contribution in [3.8, 4) is 0 Å². The highest BCUT2D eigenvalue weighted by molar-refractivity contribution is 5.46. The van der Waals surface area contributed by atoms with E-state index in [9.17, 15) is 10.1 Å². The van der Waals surface area contributed by atoms with Gasteiger partial charge in [-0.1, -0.05) is 0 Å². The van der Waals surface area contributed by atoms with Crippen molar-refractivity contribution in [3.05, 3.63) is 33.9 Å². The van der Waals surface area contributed by atoms with Crippen LogP contribution >= 0.6 is 0 Å². The Morgan fingerprint density at radius 1 is 1.56 bits per heavy atom. The molecule has 0 aromatic heterocycles. The predicted octanol–water partition coefficient (Wildman–Crippen LogP) is -0.549. The minimum Gasteiger partial charge on any atom is -0.393 e. The Hall–Kier alpha value is -1.50. The third-order valence-corrected chi connectivity index (χ3v) is 2.25. The standard InChI is InChI=1S/C10H14N2O4/c1-7-4-8(11-5-9(14)6-13)2-3-10(7)12(15)16/h2-4,9,11,13-14H,5-6H2,1H3/p+1/t9-/m0/s1. The van der Waals surface area contributed by atoms with Crippen LogP contribution in [0, 0.1) is 17.0 Å². The molecule has 0 aliphatic rings. The molecule has 0 spiro atoms. The quantitative estimate of drug-likeness (QED) is 0.357. The third kappa shape index (κ3) is 3.27. The molecule has 0 radical (unpaired) electrons. The van der Waals surface area contributed by atoms with Crippen LogP contribution in [0.4, 0.5) is 11.4 Å². The molecule has 0 aliphatic carbocycles. The Morgan fingerprint density at radius 2 is 2.25 bits per heavy atom. The first-order chi connectivity index (χ1) is 7.54. The number of quaternary nitrogens is 1. The summed E-state index contributed by atoms with van der Waals surface area (Å²) in [4.78, 5) is 10.1. The van der Waals surface area contributed by atoms with Gasteiger partial charge in [-0.05, 0) is 6.92 Å². The van der Waals surface area contributed by atoms with Crippen LogP contribution in [-0.2, 0) is 0 Å². The Bertz CT molecular complexity index is 381. The van der Waals surface area contributed by atoms with Gasteiger partial charge in [0.25, 0.3) is 5.69 Å². The fourth-order valence-electron chi connectivity index (χ4n) is 1.36. The molecule has 4 N–H and O–H groups in total. The summed E-state index contributed by atoms with van der Waals surface area (Å²) in [7, 11) is 0. The van der Waals surface area contributed by atoms with Crippen molar-refractivity contribution in [2.45, 2.75) is 13.0 Å². The average molecular weight is 227 g/mol. The van der Waals surface area contributed by atoms with Crippen LogP contribution < -0.4 is 5.32 Å². The second-order valence-electron chi connectivity index (χ2n) is 3.58. The van der Waals surface area contributed by atoms with E-state index < -0.39 is 11.0 Å². The van der Waals surface area contributed by atoms with E-state index in [1.54, 1.807) is 24.4 Å². The monoisotopic (exact) mass is 227 g/mol. The molecule has 6 heteroatoms. The van der Waals surface area contributed by atoms with Gasteiger partial charge in [0, 0.05) is 23.8 Å². The average Bonchev–Trinajstić information content (AvgIpc) is 2.25. The zero-order valence-corrected chi connectivity index (χ0v) is 8.96. The van der Waals surface area contributed by atoms with E-state index in [2.05, 4.69) is 0 Å². The van der Waals surface area contributed by atoms with Crippen molar-refractivity contribution in [3.63, 3.8) is 0 Å². The van der Waals surface area contributed by atoms with Crippen molar-refractivity contribution in [2.75, 3.05) is 13.2 Å². The maximum Gasteiger partial charge on any atom is 0.272 e. The van der Waals surface area contributed by atoms with Gasteiger partial charge < -0.3 is 15.5 Å². The smallest absolute Gasteiger partial charge is 0.272 e. The normalized spacial score (nSPS) is 12.4. The highest BCUT2D eigenvalue weighted by Gasteiger charge is 2.12. The lowest BCUT2D eigenvalue weighted by Gasteiger charge is -2.06. The molecule has 0 saturated heterocycles. The van der Waals surface area contributed by atoms with Gasteiger partial charge in [-0.15, -0.1) is 0 Å². The number of nitro groups is 1. The first kappa shape index (κ1) is 12.6. The molecule has 0 amide bonds. The Kier molecular flexibility index (Phi) is 4.36. The van der Waals surface area contributed by atoms with E-state index >= 15 is 0 Å². The third-order valence-electron chi connectivity index (χ3n) is 2.25. The molecular formula is C10H15N2O4+. The summed E-state index contributed by atoms with van der Waals surface area (Å²) >= 11 is 0. The molecular weight excluding hydrogens is 212 g/mol. The van der Waals surface area contributed by atoms with Gasteiger partial charge in [0.2, 0.25) is 0 Å². The fraction of sp³-hybridized carbons (Fsp3) is 0.400. The van der Waals surface area contributed by atoms with E-state index in [1.807, 2.05) is 0 Å². The summed E-state index contributed by atoms with van der Waals surface area (Å²) in [6, 6.07) is 4.74. The number of hydrogen-bond donors (Lipinski definition) is 3. The molecule has 0 fully saturated rings. The molecule has 1 atom stereocenters. The SMILES string of the molecule is Cc1cc([NH2+]C[C@H](O)CO)ccc1[N+](=O)[O-]. The van der Waals surface area contributed by atoms with Crippen LogP contribution in [0.25, 0.3) is 0 Å². The zero-order chi connectivity index (χ0) is 12.1. The van der Waals surface area contributed by atoms with Crippen molar-refractivity contribution < 1.29 is 20.5 Å². The van der Waals surface area contributed by atoms with Crippen LogP contribution in [0.15, 0.2) is 18.2 Å². The summed E-state index contributed by atoms with van der Waals surface area (Å²) in [6.07, 6.45) is -0.782. The first-order valence-electron chi connectivity index (χ1n) is 4.91. The molecule has 0 heterocycles. The summed E-state index contributed by atoms with van der Waals surface area (Å²) in [5, 5.41) is 30.1. The number of nitro benzene ring substituents is 1. The number of hydrogen-bond acceptors (Lipinski definition) is 4. The number of benzene rings is 1. The number of aryl methyl sites for hydroxylation is 1. The van der Waals surface area contributed by atoms with Crippen molar-refractivity contribution in [1.82, 2.24) is 0 Å². The van der Waals surface area contributed by atoms with Crippen LogP contribution in [-0.4, -0.2) is 34.4 Å². The summed E-state index contributed by atoms with van der Waals surface area (Å²) in [5.41, 5.74) is 1.47.